The van der Waals surface area contributed by atoms with Crippen molar-refractivity contribution < 1.29 is 4.74 Å². The fourth-order valence-corrected chi connectivity index (χ4v) is 1.17. The number of methoxy groups -OCH3 is 1. The van der Waals surface area contributed by atoms with Gasteiger partial charge in [0, 0.05) is 39.1 Å². The Morgan fingerprint density at radius 3 is 2.93 bits per heavy atom. The molecule has 0 atom stereocenters. The van der Waals surface area contributed by atoms with E-state index in [-0.39, 0.29) is 0 Å². The van der Waals surface area contributed by atoms with E-state index < -0.39 is 0 Å². The quantitative estimate of drug-likeness (QED) is 0.701. The highest BCUT2D eigenvalue weighted by atomic mass is 16.5. The number of nitrogen functional groups attached to an aromatic ring is 1. The summed E-state index contributed by atoms with van der Waals surface area (Å²) < 4.78 is 6.92. The van der Waals surface area contributed by atoms with E-state index in [0.717, 1.165) is 26.2 Å². The van der Waals surface area contributed by atoms with Crippen molar-refractivity contribution in [1.29, 1.82) is 0 Å². The summed E-state index contributed by atoms with van der Waals surface area (Å²) in [5.74, 6) is 0.574. The smallest absolute Gasteiger partial charge is 0.200 e. The maximum absolute atomic E-state index is 5.64. The van der Waals surface area contributed by atoms with Gasteiger partial charge in [-0.25, -0.2) is 4.98 Å². The monoisotopic (exact) mass is 198 g/mol. The highest BCUT2D eigenvalue weighted by Crippen LogP contribution is 1.98. The third-order valence-corrected chi connectivity index (χ3v) is 2.15. The van der Waals surface area contributed by atoms with E-state index in [9.17, 15) is 0 Å². The zero-order valence-electron chi connectivity index (χ0n) is 8.81. The van der Waals surface area contributed by atoms with Crippen LogP contribution in [0.2, 0.25) is 0 Å². The number of likely N-dealkylation sites (N-methyl/N-ethyl adjacent to an activating group) is 1. The average Bonchev–Trinajstić information content (AvgIpc) is 2.58. The predicted octanol–water partition coefficient (Wildman–Crippen LogP) is 0.0435. The van der Waals surface area contributed by atoms with Crippen LogP contribution in [0.5, 0.6) is 0 Å². The van der Waals surface area contributed by atoms with E-state index in [1.54, 1.807) is 13.3 Å². The largest absolute Gasteiger partial charge is 0.383 e. The fraction of sp³-hybridized carbons (Fsp3) is 0.667. The zero-order chi connectivity index (χ0) is 10.4. The van der Waals surface area contributed by atoms with E-state index in [4.69, 9.17) is 10.5 Å². The Bertz CT molecular complexity index is 261. The zero-order valence-corrected chi connectivity index (χ0v) is 8.81. The summed E-state index contributed by atoms with van der Waals surface area (Å²) >= 11 is 0. The SMILES string of the molecule is COCCN(C)CCn1ccnc1N. The summed E-state index contributed by atoms with van der Waals surface area (Å²) in [4.78, 5) is 6.15. The van der Waals surface area contributed by atoms with Crippen LogP contribution < -0.4 is 5.73 Å². The number of imidazole rings is 1. The molecule has 0 fully saturated rings. The lowest BCUT2D eigenvalue weighted by Crippen LogP contribution is -2.26. The van der Waals surface area contributed by atoms with Crippen molar-refractivity contribution >= 4 is 5.95 Å². The van der Waals surface area contributed by atoms with E-state index in [1.165, 1.54) is 0 Å². The first kappa shape index (κ1) is 11.0. The second-order valence-corrected chi connectivity index (χ2v) is 3.27. The summed E-state index contributed by atoms with van der Waals surface area (Å²) in [7, 11) is 3.77. The molecule has 14 heavy (non-hydrogen) atoms. The Morgan fingerprint density at radius 2 is 2.36 bits per heavy atom. The Kier molecular flexibility index (Phi) is 4.42. The molecule has 0 spiro atoms. The Balaban J connectivity index is 2.23. The number of anilines is 1. The number of ether oxygens (including phenoxy) is 1. The number of nitrogens with zero attached hydrogens (tertiary/aromatic N) is 3. The molecular formula is C9H18N4O. The summed E-state index contributed by atoms with van der Waals surface area (Å²) in [6, 6.07) is 0. The molecular weight excluding hydrogens is 180 g/mol. The van der Waals surface area contributed by atoms with E-state index >= 15 is 0 Å². The number of aromatic nitrogens is 2. The summed E-state index contributed by atoms with van der Waals surface area (Å²) in [6.07, 6.45) is 3.60. The molecule has 0 aliphatic carbocycles. The van der Waals surface area contributed by atoms with Gasteiger partial charge in [-0.2, -0.15) is 0 Å². The van der Waals surface area contributed by atoms with Crippen LogP contribution in [-0.4, -0.2) is 48.3 Å². The molecule has 0 aromatic carbocycles. The van der Waals surface area contributed by atoms with Gasteiger partial charge in [-0.3, -0.25) is 0 Å². The fourth-order valence-electron chi connectivity index (χ4n) is 1.17. The third-order valence-electron chi connectivity index (χ3n) is 2.15. The minimum Gasteiger partial charge on any atom is -0.383 e. The van der Waals surface area contributed by atoms with Crippen LogP contribution in [0, 0.1) is 0 Å². The van der Waals surface area contributed by atoms with Crippen molar-refractivity contribution in [3.8, 4) is 0 Å². The van der Waals surface area contributed by atoms with Gasteiger partial charge in [0.05, 0.1) is 6.61 Å². The van der Waals surface area contributed by atoms with Gasteiger partial charge >= 0.3 is 0 Å². The molecule has 1 aromatic rings. The molecule has 2 N–H and O–H groups in total. The lowest BCUT2D eigenvalue weighted by molar-refractivity contribution is 0.159. The first-order valence-corrected chi connectivity index (χ1v) is 4.68. The van der Waals surface area contributed by atoms with Crippen molar-refractivity contribution in [2.75, 3.05) is 39.6 Å². The lowest BCUT2D eigenvalue weighted by atomic mass is 10.5. The van der Waals surface area contributed by atoms with Gasteiger partial charge in [0.15, 0.2) is 5.95 Å². The number of hydrogen-bond acceptors (Lipinski definition) is 4. The minimum absolute atomic E-state index is 0.574. The van der Waals surface area contributed by atoms with Crippen LogP contribution in [0.3, 0.4) is 0 Å². The topological polar surface area (TPSA) is 56.3 Å². The molecule has 0 saturated heterocycles. The molecule has 80 valence electrons. The molecule has 5 nitrogen and oxygen atoms in total. The average molecular weight is 198 g/mol. The van der Waals surface area contributed by atoms with Gasteiger partial charge in [-0.15, -0.1) is 0 Å². The van der Waals surface area contributed by atoms with Crippen molar-refractivity contribution in [1.82, 2.24) is 14.5 Å². The first-order chi connectivity index (χ1) is 6.74. The lowest BCUT2D eigenvalue weighted by Gasteiger charge is -2.16. The van der Waals surface area contributed by atoms with Crippen molar-refractivity contribution in [2.24, 2.45) is 0 Å². The molecule has 1 aromatic heterocycles. The third kappa shape index (κ3) is 3.35. The van der Waals surface area contributed by atoms with Crippen molar-refractivity contribution in [3.05, 3.63) is 12.4 Å². The summed E-state index contributed by atoms with van der Waals surface area (Å²) in [5.41, 5.74) is 5.64. The Labute approximate surface area is 84.5 Å². The Hall–Kier alpha value is -1.07. The predicted molar refractivity (Wildman–Crippen MR) is 56.0 cm³/mol. The molecule has 0 amide bonds. The molecule has 0 saturated carbocycles. The molecule has 0 unspecified atom stereocenters. The minimum atomic E-state index is 0.574. The normalized spacial score (nSPS) is 11.1. The summed E-state index contributed by atoms with van der Waals surface area (Å²) in [5, 5.41) is 0. The molecule has 5 heteroatoms. The van der Waals surface area contributed by atoms with Crippen molar-refractivity contribution in [2.45, 2.75) is 6.54 Å². The van der Waals surface area contributed by atoms with Gasteiger partial charge in [0.1, 0.15) is 0 Å². The van der Waals surface area contributed by atoms with Gasteiger partial charge in [0.25, 0.3) is 0 Å². The number of nitrogens with two attached hydrogens (primary N) is 1. The van der Waals surface area contributed by atoms with Gasteiger partial charge in [-0.05, 0) is 7.05 Å². The highest BCUT2D eigenvalue weighted by molar-refractivity contribution is 5.16. The molecule has 0 radical (unpaired) electrons. The molecule has 1 rings (SSSR count). The first-order valence-electron chi connectivity index (χ1n) is 4.68. The van der Waals surface area contributed by atoms with Crippen LogP contribution in [0.15, 0.2) is 12.4 Å². The standard InChI is InChI=1S/C9H18N4O/c1-12(7-8-14-2)5-6-13-4-3-11-9(13)10/h3-4H,5-8H2,1-2H3,(H2,10,11). The molecule has 1 heterocycles. The van der Waals surface area contributed by atoms with E-state index in [2.05, 4.69) is 16.9 Å². The maximum atomic E-state index is 5.64. The molecule has 0 aliphatic heterocycles. The van der Waals surface area contributed by atoms with Gasteiger partial charge in [0.2, 0.25) is 0 Å². The molecule has 0 aliphatic rings. The van der Waals surface area contributed by atoms with Crippen LogP contribution in [0.1, 0.15) is 0 Å². The number of hydrogen-bond donors (Lipinski definition) is 1. The maximum Gasteiger partial charge on any atom is 0.200 e. The van der Waals surface area contributed by atoms with Gasteiger partial charge < -0.3 is 19.9 Å². The number of rotatable bonds is 6. The van der Waals surface area contributed by atoms with Gasteiger partial charge in [-0.1, -0.05) is 0 Å². The van der Waals surface area contributed by atoms with Crippen LogP contribution >= 0.6 is 0 Å². The van der Waals surface area contributed by atoms with Crippen LogP contribution in [0.25, 0.3) is 0 Å². The van der Waals surface area contributed by atoms with Crippen molar-refractivity contribution in [3.63, 3.8) is 0 Å². The van der Waals surface area contributed by atoms with E-state index in [0.29, 0.717) is 5.95 Å². The Morgan fingerprint density at radius 1 is 1.57 bits per heavy atom. The molecule has 0 bridgehead atoms. The van der Waals surface area contributed by atoms with Crippen LogP contribution in [-0.2, 0) is 11.3 Å². The van der Waals surface area contributed by atoms with E-state index in [1.807, 2.05) is 10.8 Å². The second-order valence-electron chi connectivity index (χ2n) is 3.27. The summed E-state index contributed by atoms with van der Waals surface area (Å²) in [6.45, 7) is 3.51. The van der Waals surface area contributed by atoms with Crippen LogP contribution in [0.4, 0.5) is 5.95 Å². The highest BCUT2D eigenvalue weighted by Gasteiger charge is 2.00. The second kappa shape index (κ2) is 5.62.